The van der Waals surface area contributed by atoms with Crippen molar-refractivity contribution in [1.82, 2.24) is 25.4 Å². The number of thiazole rings is 1. The third kappa shape index (κ3) is 4.19. The van der Waals surface area contributed by atoms with Crippen molar-refractivity contribution in [3.8, 4) is 0 Å². The molecule has 1 aliphatic heterocycles. The molecule has 4 heterocycles. The summed E-state index contributed by atoms with van der Waals surface area (Å²) >= 11 is 3.14. The van der Waals surface area contributed by atoms with Gasteiger partial charge in [-0.3, -0.25) is 10.7 Å². The predicted molar refractivity (Wildman–Crippen MR) is 116 cm³/mol. The predicted octanol–water partition coefficient (Wildman–Crippen LogP) is 3.57. The lowest BCUT2D eigenvalue weighted by atomic mass is 10.0. The van der Waals surface area contributed by atoms with Crippen LogP contribution in [0.2, 0.25) is 0 Å². The van der Waals surface area contributed by atoms with Crippen LogP contribution in [-0.2, 0) is 6.42 Å². The maximum Gasteiger partial charge on any atom is 0.335 e. The Hall–Kier alpha value is -2.30. The van der Waals surface area contributed by atoms with Crippen LogP contribution in [0.3, 0.4) is 0 Å². The van der Waals surface area contributed by atoms with Crippen molar-refractivity contribution in [2.75, 3.05) is 30.3 Å². The summed E-state index contributed by atoms with van der Waals surface area (Å²) in [5.74, 6) is 2.36. The molecule has 2 aliphatic rings. The zero-order valence-electron chi connectivity index (χ0n) is 15.9. The number of hydrazine groups is 1. The molecule has 152 valence electrons. The molecular formula is C19H23N7OS2. The molecule has 8 nitrogen and oxygen atoms in total. The maximum atomic E-state index is 12.3. The van der Waals surface area contributed by atoms with Crippen LogP contribution >= 0.6 is 22.7 Å². The normalized spacial score (nSPS) is 21.4. The van der Waals surface area contributed by atoms with Crippen LogP contribution in [0.15, 0.2) is 24.0 Å². The molecule has 2 amide bonds. The van der Waals surface area contributed by atoms with E-state index in [1.54, 1.807) is 17.7 Å². The number of urea groups is 1. The Bertz CT molecular complexity index is 991. The molecule has 2 fully saturated rings. The summed E-state index contributed by atoms with van der Waals surface area (Å²) in [6, 6.07) is 1.79. The van der Waals surface area contributed by atoms with E-state index < -0.39 is 0 Å². The summed E-state index contributed by atoms with van der Waals surface area (Å²) in [7, 11) is 0. The van der Waals surface area contributed by atoms with Gasteiger partial charge in [-0.05, 0) is 36.1 Å². The van der Waals surface area contributed by atoms with E-state index >= 15 is 0 Å². The van der Waals surface area contributed by atoms with Crippen LogP contribution in [0.25, 0.3) is 10.2 Å². The number of carbonyl (C=O) groups excluding carboxylic acids is 1. The summed E-state index contributed by atoms with van der Waals surface area (Å²) < 4.78 is 1.07. The summed E-state index contributed by atoms with van der Waals surface area (Å²) in [6.45, 7) is 2.68. The second kappa shape index (κ2) is 8.21. The largest absolute Gasteiger partial charge is 0.368 e. The number of aromatic nitrogens is 3. The fourth-order valence-corrected chi connectivity index (χ4v) is 5.91. The van der Waals surface area contributed by atoms with Gasteiger partial charge in [0.05, 0.1) is 10.2 Å². The molecule has 2 atom stereocenters. The van der Waals surface area contributed by atoms with Crippen LogP contribution < -0.4 is 16.1 Å². The van der Waals surface area contributed by atoms with E-state index in [0.717, 1.165) is 58.8 Å². The van der Waals surface area contributed by atoms with Gasteiger partial charge < -0.3 is 5.32 Å². The highest BCUT2D eigenvalue weighted by Gasteiger charge is 2.36. The van der Waals surface area contributed by atoms with Gasteiger partial charge in [0.1, 0.15) is 12.1 Å². The second-order valence-corrected chi connectivity index (χ2v) is 9.62. The van der Waals surface area contributed by atoms with Crippen LogP contribution in [0.4, 0.5) is 15.7 Å². The maximum absolute atomic E-state index is 12.3. The number of hydrogen-bond donors (Lipinski definition) is 3. The zero-order chi connectivity index (χ0) is 19.6. The zero-order valence-corrected chi connectivity index (χ0v) is 17.6. The molecule has 1 saturated heterocycles. The Morgan fingerprint density at radius 1 is 1.21 bits per heavy atom. The van der Waals surface area contributed by atoms with Gasteiger partial charge in [0.25, 0.3) is 0 Å². The molecule has 5 rings (SSSR count). The molecule has 2 unspecified atom stereocenters. The highest BCUT2D eigenvalue weighted by molar-refractivity contribution is 7.17. The molecule has 0 radical (unpaired) electrons. The van der Waals surface area contributed by atoms with Crippen LogP contribution in [0, 0.1) is 11.8 Å². The fraction of sp³-hybridized carbons (Fsp3) is 0.474. The monoisotopic (exact) mass is 429 g/mol. The molecular weight excluding hydrogens is 406 g/mol. The van der Waals surface area contributed by atoms with Crippen molar-refractivity contribution in [2.24, 2.45) is 11.8 Å². The standard InChI is InChI=1S/C19H23N7OS2/c27-18(25-26-9-12-2-1-3-13(12)10-26)24-19-21-8-14(29-19)4-6-20-17-16-15(5-7-28-16)22-11-23-17/h5,7-8,11-13H,1-4,6,9-10H2,(H,20,22,23)(H2,21,24,25,27). The van der Waals surface area contributed by atoms with E-state index in [2.05, 4.69) is 36.0 Å². The average Bonchev–Trinajstić information content (AvgIpc) is 3.45. The Morgan fingerprint density at radius 3 is 2.93 bits per heavy atom. The number of carbonyl (C=O) groups is 1. The Kier molecular flexibility index (Phi) is 5.30. The Labute approximate surface area is 176 Å². The molecule has 3 N–H and O–H groups in total. The van der Waals surface area contributed by atoms with Gasteiger partial charge in [0.2, 0.25) is 0 Å². The summed E-state index contributed by atoms with van der Waals surface area (Å²) in [5, 5.41) is 10.9. The van der Waals surface area contributed by atoms with Gasteiger partial charge in [-0.25, -0.2) is 24.8 Å². The van der Waals surface area contributed by atoms with E-state index in [-0.39, 0.29) is 6.03 Å². The van der Waals surface area contributed by atoms with Gasteiger partial charge in [0, 0.05) is 37.1 Å². The van der Waals surface area contributed by atoms with Crippen LogP contribution in [0.5, 0.6) is 0 Å². The molecule has 29 heavy (non-hydrogen) atoms. The van der Waals surface area contributed by atoms with Gasteiger partial charge >= 0.3 is 6.03 Å². The van der Waals surface area contributed by atoms with Crippen molar-refractivity contribution in [3.63, 3.8) is 0 Å². The van der Waals surface area contributed by atoms with Gasteiger partial charge in [-0.2, -0.15) is 0 Å². The Balaban J connectivity index is 1.09. The number of nitrogens with zero attached hydrogens (tertiary/aromatic N) is 4. The van der Waals surface area contributed by atoms with Gasteiger partial charge in [-0.15, -0.1) is 22.7 Å². The molecule has 1 aliphatic carbocycles. The number of amides is 2. The van der Waals surface area contributed by atoms with Crippen molar-refractivity contribution >= 4 is 49.9 Å². The molecule has 3 aromatic heterocycles. The Morgan fingerprint density at radius 2 is 2.07 bits per heavy atom. The smallest absolute Gasteiger partial charge is 0.335 e. The fourth-order valence-electron chi connectivity index (χ4n) is 4.29. The van der Waals surface area contributed by atoms with E-state index in [0.29, 0.717) is 5.13 Å². The number of fused-ring (bicyclic) bond motifs is 2. The first-order valence-electron chi connectivity index (χ1n) is 9.94. The summed E-state index contributed by atoms with van der Waals surface area (Å²) in [6.07, 6.45) is 8.14. The summed E-state index contributed by atoms with van der Waals surface area (Å²) in [5.41, 5.74) is 3.93. The van der Waals surface area contributed by atoms with E-state index in [1.165, 1.54) is 30.6 Å². The first kappa shape index (κ1) is 18.7. The number of hydrogen-bond acceptors (Lipinski definition) is 8. The van der Waals surface area contributed by atoms with Gasteiger partial charge in [0.15, 0.2) is 5.13 Å². The molecule has 1 saturated carbocycles. The topological polar surface area (TPSA) is 95.1 Å². The minimum atomic E-state index is -0.204. The van der Waals surface area contributed by atoms with Crippen molar-refractivity contribution in [2.45, 2.75) is 25.7 Å². The SMILES string of the molecule is O=C(Nc1ncc(CCNc2ncnc3ccsc23)s1)NN1CC2CCCC2C1. The minimum absolute atomic E-state index is 0.204. The van der Waals surface area contributed by atoms with Crippen molar-refractivity contribution in [1.29, 1.82) is 0 Å². The third-order valence-corrected chi connectivity index (χ3v) is 7.55. The highest BCUT2D eigenvalue weighted by atomic mass is 32.1. The highest BCUT2D eigenvalue weighted by Crippen LogP contribution is 2.36. The quantitative estimate of drug-likeness (QED) is 0.554. The molecule has 3 aromatic rings. The molecule has 0 bridgehead atoms. The lowest BCUT2D eigenvalue weighted by molar-refractivity contribution is 0.201. The number of rotatable bonds is 6. The number of thiophene rings is 1. The lowest BCUT2D eigenvalue weighted by Crippen LogP contribution is -2.43. The number of nitrogens with one attached hydrogen (secondary N) is 3. The molecule has 10 heteroatoms. The first-order valence-corrected chi connectivity index (χ1v) is 11.6. The molecule has 0 aromatic carbocycles. The molecule has 0 spiro atoms. The van der Waals surface area contributed by atoms with Crippen molar-refractivity contribution in [3.05, 3.63) is 28.8 Å². The van der Waals surface area contributed by atoms with Gasteiger partial charge in [-0.1, -0.05) is 6.42 Å². The first-order chi connectivity index (χ1) is 14.2. The van der Waals surface area contributed by atoms with Crippen molar-refractivity contribution < 1.29 is 4.79 Å². The van der Waals surface area contributed by atoms with E-state index in [9.17, 15) is 4.79 Å². The van der Waals surface area contributed by atoms with E-state index in [1.807, 2.05) is 17.6 Å². The number of anilines is 2. The van der Waals surface area contributed by atoms with Crippen LogP contribution in [0.1, 0.15) is 24.1 Å². The van der Waals surface area contributed by atoms with Crippen LogP contribution in [-0.4, -0.2) is 45.6 Å². The minimum Gasteiger partial charge on any atom is -0.368 e. The second-order valence-electron chi connectivity index (χ2n) is 7.59. The van der Waals surface area contributed by atoms with E-state index in [4.69, 9.17) is 0 Å². The lowest BCUT2D eigenvalue weighted by Gasteiger charge is -2.17. The third-order valence-electron chi connectivity index (χ3n) is 5.67. The average molecular weight is 430 g/mol. The summed E-state index contributed by atoms with van der Waals surface area (Å²) in [4.78, 5) is 26.3.